The Balaban J connectivity index is 1.25. The topological polar surface area (TPSA) is 124 Å². The summed E-state index contributed by atoms with van der Waals surface area (Å²) >= 11 is 1.35. The van der Waals surface area contributed by atoms with Crippen molar-refractivity contribution < 1.29 is 33.3 Å². The van der Waals surface area contributed by atoms with Gasteiger partial charge in [-0.15, -0.1) is 11.8 Å². The van der Waals surface area contributed by atoms with Gasteiger partial charge in [-0.25, -0.2) is 0 Å². The van der Waals surface area contributed by atoms with Crippen LogP contribution in [0.3, 0.4) is 0 Å². The quantitative estimate of drug-likeness (QED) is 0.149. The molecule has 0 radical (unpaired) electrons. The number of hydrogen-bond acceptors (Lipinski definition) is 8. The molecule has 3 amide bonds. The Morgan fingerprint density at radius 3 is 2.32 bits per heavy atom. The number of fused-ring (bicyclic) bond motifs is 1. The Morgan fingerprint density at radius 1 is 0.818 bits per heavy atom. The summed E-state index contributed by atoms with van der Waals surface area (Å²) in [6.45, 7) is 0.163. The van der Waals surface area contributed by atoms with Crippen LogP contribution in [0.25, 0.3) is 6.08 Å². The monoisotopic (exact) mass is 611 g/mol. The van der Waals surface area contributed by atoms with E-state index in [9.17, 15) is 14.4 Å². The van der Waals surface area contributed by atoms with Crippen molar-refractivity contribution >= 4 is 46.9 Å². The summed E-state index contributed by atoms with van der Waals surface area (Å²) in [7, 11) is 3.05. The average molecular weight is 612 g/mol. The zero-order valence-electron chi connectivity index (χ0n) is 23.9. The molecule has 0 aromatic heterocycles. The van der Waals surface area contributed by atoms with E-state index in [-0.39, 0.29) is 24.2 Å². The molecule has 0 saturated carbocycles. The number of methoxy groups -OCH3 is 2. The van der Waals surface area contributed by atoms with Crippen LogP contribution in [0.15, 0.2) is 102 Å². The van der Waals surface area contributed by atoms with Crippen molar-refractivity contribution in [2.24, 2.45) is 0 Å². The van der Waals surface area contributed by atoms with Gasteiger partial charge in [0.25, 0.3) is 11.8 Å². The van der Waals surface area contributed by atoms with Gasteiger partial charge in [-0.05, 0) is 72.8 Å². The molecule has 4 aromatic rings. The number of ether oxygens (including phenoxy) is 4. The van der Waals surface area contributed by atoms with Crippen molar-refractivity contribution in [3.05, 3.63) is 108 Å². The van der Waals surface area contributed by atoms with E-state index in [1.807, 2.05) is 0 Å². The number of amides is 3. The predicted octanol–water partition coefficient (Wildman–Crippen LogP) is 5.57. The fraction of sp³-hybridized carbons (Fsp3) is 0.121. The van der Waals surface area contributed by atoms with Crippen molar-refractivity contribution in [1.29, 1.82) is 0 Å². The van der Waals surface area contributed by atoms with Gasteiger partial charge in [0.05, 0.1) is 20.0 Å². The number of carbonyl (C=O) groups excluding carboxylic acids is 3. The first kappa shape index (κ1) is 30.1. The fourth-order valence-corrected chi connectivity index (χ4v) is 4.90. The Hall–Kier alpha value is -5.42. The smallest absolute Gasteiger partial charge is 0.272 e. The maximum atomic E-state index is 13.4. The molecule has 3 N–H and O–H groups in total. The average Bonchev–Trinajstić information content (AvgIpc) is 3.52. The van der Waals surface area contributed by atoms with Crippen LogP contribution in [0.1, 0.15) is 15.9 Å². The maximum absolute atomic E-state index is 13.4. The van der Waals surface area contributed by atoms with Crippen molar-refractivity contribution in [1.82, 2.24) is 5.32 Å². The highest BCUT2D eigenvalue weighted by Crippen LogP contribution is 2.34. The summed E-state index contributed by atoms with van der Waals surface area (Å²) in [4.78, 5) is 39.7. The van der Waals surface area contributed by atoms with E-state index in [0.717, 1.165) is 4.90 Å². The largest absolute Gasteiger partial charge is 0.497 e. The lowest BCUT2D eigenvalue weighted by molar-refractivity contribution is -0.114. The number of hydrogen-bond donors (Lipinski definition) is 3. The normalized spacial score (nSPS) is 11.8. The number of nitrogens with one attached hydrogen (secondary N) is 3. The standard InChI is InChI=1S/C33H29N3O7S/c1-40-25-11-15-28(41-2)22(16-25)17-27(36-32(38)21-6-4-3-5-7-21)33(39)35-23-8-12-26(13-9-23)44-19-31(37)34-24-10-14-29-30(18-24)43-20-42-29/h3-18H,19-20H2,1-2H3,(H,34,37)(H,35,39)(H,36,38)/b27-17-. The third-order valence-electron chi connectivity index (χ3n) is 6.40. The van der Waals surface area contributed by atoms with E-state index in [2.05, 4.69) is 16.0 Å². The van der Waals surface area contributed by atoms with Crippen molar-refractivity contribution in [3.63, 3.8) is 0 Å². The summed E-state index contributed by atoms with van der Waals surface area (Å²) < 4.78 is 21.4. The van der Waals surface area contributed by atoms with Crippen LogP contribution in [0.2, 0.25) is 0 Å². The second-order valence-electron chi connectivity index (χ2n) is 9.37. The van der Waals surface area contributed by atoms with Crippen LogP contribution in [-0.2, 0) is 9.59 Å². The zero-order chi connectivity index (χ0) is 30.9. The minimum atomic E-state index is -0.539. The second-order valence-corrected chi connectivity index (χ2v) is 10.4. The first-order valence-electron chi connectivity index (χ1n) is 13.5. The summed E-state index contributed by atoms with van der Waals surface area (Å²) in [5.41, 5.74) is 2.06. The number of carbonyl (C=O) groups is 3. The van der Waals surface area contributed by atoms with Gasteiger partial charge in [0.15, 0.2) is 11.5 Å². The summed E-state index contributed by atoms with van der Waals surface area (Å²) in [6, 6.07) is 26.0. The lowest BCUT2D eigenvalue weighted by Crippen LogP contribution is -2.30. The van der Waals surface area contributed by atoms with E-state index in [1.165, 1.54) is 32.1 Å². The van der Waals surface area contributed by atoms with Crippen LogP contribution in [0, 0.1) is 0 Å². The van der Waals surface area contributed by atoms with E-state index >= 15 is 0 Å². The van der Waals surface area contributed by atoms with Crippen LogP contribution < -0.4 is 34.9 Å². The van der Waals surface area contributed by atoms with Gasteiger partial charge in [-0.1, -0.05) is 18.2 Å². The Morgan fingerprint density at radius 2 is 1.57 bits per heavy atom. The SMILES string of the molecule is COc1ccc(OC)c(/C=C(\NC(=O)c2ccccc2)C(=O)Nc2ccc(SCC(=O)Nc3ccc4c(c3)OCO4)cc2)c1. The minimum Gasteiger partial charge on any atom is -0.497 e. The van der Waals surface area contributed by atoms with E-state index < -0.39 is 11.8 Å². The third kappa shape index (κ3) is 7.69. The van der Waals surface area contributed by atoms with E-state index in [4.69, 9.17) is 18.9 Å². The summed E-state index contributed by atoms with van der Waals surface area (Å²) in [5.74, 6) is 1.31. The molecular weight excluding hydrogens is 582 g/mol. The molecule has 224 valence electrons. The van der Waals surface area contributed by atoms with Crippen molar-refractivity contribution in [3.8, 4) is 23.0 Å². The molecule has 0 bridgehead atoms. The highest BCUT2D eigenvalue weighted by molar-refractivity contribution is 8.00. The number of anilines is 2. The Labute approximate surface area is 258 Å². The molecule has 4 aromatic carbocycles. The molecular formula is C33H29N3O7S. The first-order chi connectivity index (χ1) is 21.4. The molecule has 1 heterocycles. The molecule has 5 rings (SSSR count). The lowest BCUT2D eigenvalue weighted by Gasteiger charge is -2.13. The van der Waals surface area contributed by atoms with Gasteiger partial charge >= 0.3 is 0 Å². The number of rotatable bonds is 11. The van der Waals surface area contributed by atoms with Crippen LogP contribution in [0.5, 0.6) is 23.0 Å². The van der Waals surface area contributed by atoms with Gasteiger partial charge in [0.1, 0.15) is 17.2 Å². The molecule has 1 aliphatic rings. The van der Waals surface area contributed by atoms with E-state index in [1.54, 1.807) is 91.0 Å². The summed E-state index contributed by atoms with van der Waals surface area (Å²) in [5, 5.41) is 8.39. The molecule has 1 aliphatic heterocycles. The fourth-order valence-electron chi connectivity index (χ4n) is 4.20. The van der Waals surface area contributed by atoms with Gasteiger partial charge in [-0.2, -0.15) is 0 Å². The third-order valence-corrected chi connectivity index (χ3v) is 7.42. The van der Waals surface area contributed by atoms with Crippen LogP contribution >= 0.6 is 11.8 Å². The molecule has 0 unspecified atom stereocenters. The molecule has 0 atom stereocenters. The van der Waals surface area contributed by atoms with Gasteiger partial charge < -0.3 is 34.9 Å². The molecule has 10 nitrogen and oxygen atoms in total. The predicted molar refractivity (Wildman–Crippen MR) is 168 cm³/mol. The molecule has 11 heteroatoms. The Kier molecular flexibility index (Phi) is 9.68. The first-order valence-corrected chi connectivity index (χ1v) is 14.4. The van der Waals surface area contributed by atoms with Crippen molar-refractivity contribution in [2.75, 3.05) is 37.4 Å². The van der Waals surface area contributed by atoms with Crippen molar-refractivity contribution in [2.45, 2.75) is 4.90 Å². The highest BCUT2D eigenvalue weighted by Gasteiger charge is 2.17. The van der Waals surface area contributed by atoms with Crippen LogP contribution in [0.4, 0.5) is 11.4 Å². The van der Waals surface area contributed by atoms with E-state index in [0.29, 0.717) is 45.5 Å². The molecule has 0 aliphatic carbocycles. The highest BCUT2D eigenvalue weighted by atomic mass is 32.2. The maximum Gasteiger partial charge on any atom is 0.272 e. The minimum absolute atomic E-state index is 0.00375. The van der Waals surface area contributed by atoms with Crippen LogP contribution in [-0.4, -0.2) is 44.5 Å². The second kappa shape index (κ2) is 14.2. The molecule has 44 heavy (non-hydrogen) atoms. The van der Waals surface area contributed by atoms with Gasteiger partial charge in [0, 0.05) is 33.5 Å². The molecule has 0 fully saturated rings. The Bertz CT molecular complexity index is 1690. The molecule has 0 spiro atoms. The number of thioether (sulfide) groups is 1. The number of benzene rings is 4. The zero-order valence-corrected chi connectivity index (χ0v) is 24.7. The van der Waals surface area contributed by atoms with Gasteiger partial charge in [0.2, 0.25) is 12.7 Å². The summed E-state index contributed by atoms with van der Waals surface area (Å²) in [6.07, 6.45) is 1.53. The van der Waals surface area contributed by atoms with Gasteiger partial charge in [-0.3, -0.25) is 14.4 Å². The lowest BCUT2D eigenvalue weighted by atomic mass is 10.1. The molecule has 0 saturated heterocycles.